The third-order valence-corrected chi connectivity index (χ3v) is 4.23. The molecule has 1 aliphatic rings. The van der Waals surface area contributed by atoms with Crippen molar-refractivity contribution in [2.45, 2.75) is 38.6 Å². The van der Waals surface area contributed by atoms with Crippen molar-refractivity contribution in [2.75, 3.05) is 11.9 Å². The SMILES string of the molecule is Cc1cc(I)ccc1NC(=O)C1(C)CCCCN1.Cl. The van der Waals surface area contributed by atoms with Crippen LogP contribution >= 0.6 is 35.0 Å². The molecule has 1 atom stereocenters. The summed E-state index contributed by atoms with van der Waals surface area (Å²) >= 11 is 2.28. The van der Waals surface area contributed by atoms with Gasteiger partial charge in [-0.1, -0.05) is 0 Å². The number of anilines is 1. The first-order valence-corrected chi connectivity index (χ1v) is 7.42. The third-order valence-electron chi connectivity index (χ3n) is 3.56. The highest BCUT2D eigenvalue weighted by atomic mass is 127. The van der Waals surface area contributed by atoms with Gasteiger partial charge in [-0.25, -0.2) is 0 Å². The number of nitrogens with one attached hydrogen (secondary N) is 2. The Kier molecular flexibility index (Phi) is 6.08. The van der Waals surface area contributed by atoms with E-state index >= 15 is 0 Å². The highest BCUT2D eigenvalue weighted by Crippen LogP contribution is 2.23. The molecular weight excluding hydrogens is 375 g/mol. The predicted molar refractivity (Wildman–Crippen MR) is 90.0 cm³/mol. The second-order valence-electron chi connectivity index (χ2n) is 5.13. The van der Waals surface area contributed by atoms with Gasteiger partial charge in [-0.15, -0.1) is 12.4 Å². The van der Waals surface area contributed by atoms with E-state index in [1.54, 1.807) is 0 Å². The Balaban J connectivity index is 0.00000180. The maximum Gasteiger partial charge on any atom is 0.244 e. The van der Waals surface area contributed by atoms with Crippen molar-refractivity contribution in [1.29, 1.82) is 0 Å². The van der Waals surface area contributed by atoms with Crippen molar-refractivity contribution in [1.82, 2.24) is 5.32 Å². The number of piperidine rings is 1. The quantitative estimate of drug-likeness (QED) is 0.754. The first kappa shape index (κ1) is 16.7. The summed E-state index contributed by atoms with van der Waals surface area (Å²) in [4.78, 5) is 12.4. The zero-order chi connectivity index (χ0) is 13.2. The highest BCUT2D eigenvalue weighted by molar-refractivity contribution is 14.1. The average molecular weight is 395 g/mol. The number of rotatable bonds is 2. The van der Waals surface area contributed by atoms with Crippen LogP contribution in [0.1, 0.15) is 31.7 Å². The van der Waals surface area contributed by atoms with Crippen molar-refractivity contribution in [2.24, 2.45) is 0 Å². The zero-order valence-corrected chi connectivity index (χ0v) is 14.2. The third kappa shape index (κ3) is 4.07. The van der Waals surface area contributed by atoms with Crippen LogP contribution in [0.4, 0.5) is 5.69 Å². The number of halogens is 2. The van der Waals surface area contributed by atoms with E-state index in [4.69, 9.17) is 0 Å². The zero-order valence-electron chi connectivity index (χ0n) is 11.3. The number of carbonyl (C=O) groups is 1. The lowest BCUT2D eigenvalue weighted by Crippen LogP contribution is -2.54. The molecule has 1 heterocycles. The van der Waals surface area contributed by atoms with Gasteiger partial charge < -0.3 is 10.6 Å². The molecule has 1 aliphatic heterocycles. The summed E-state index contributed by atoms with van der Waals surface area (Å²) in [6, 6.07) is 6.06. The summed E-state index contributed by atoms with van der Waals surface area (Å²) in [6.07, 6.45) is 3.18. The fourth-order valence-electron chi connectivity index (χ4n) is 2.28. The van der Waals surface area contributed by atoms with Gasteiger partial charge in [0.15, 0.2) is 0 Å². The van der Waals surface area contributed by atoms with Crippen molar-refractivity contribution < 1.29 is 4.79 Å². The summed E-state index contributed by atoms with van der Waals surface area (Å²) in [6.45, 7) is 4.94. The standard InChI is InChI=1S/C14H19IN2O.ClH/c1-10-9-11(15)5-6-12(10)17-13(18)14(2)7-3-4-8-16-14;/h5-6,9,16H,3-4,7-8H2,1-2H3,(H,17,18);1H. The van der Waals surface area contributed by atoms with Crippen LogP contribution in [0, 0.1) is 10.5 Å². The molecule has 2 rings (SSSR count). The summed E-state index contributed by atoms with van der Waals surface area (Å²) in [5, 5.41) is 6.38. The summed E-state index contributed by atoms with van der Waals surface area (Å²) < 4.78 is 1.19. The number of hydrogen-bond acceptors (Lipinski definition) is 2. The van der Waals surface area contributed by atoms with Gasteiger partial charge in [0.2, 0.25) is 5.91 Å². The highest BCUT2D eigenvalue weighted by Gasteiger charge is 2.34. The molecular formula is C14H20ClIN2O. The first-order chi connectivity index (χ1) is 8.51. The van der Waals surface area contributed by atoms with Gasteiger partial charge in [0, 0.05) is 9.26 Å². The first-order valence-electron chi connectivity index (χ1n) is 6.34. The van der Waals surface area contributed by atoms with Crippen LogP contribution in [0.25, 0.3) is 0 Å². The molecule has 0 radical (unpaired) electrons. The molecule has 1 aromatic carbocycles. The van der Waals surface area contributed by atoms with Gasteiger partial charge in [-0.3, -0.25) is 4.79 Å². The fraction of sp³-hybridized carbons (Fsp3) is 0.500. The molecule has 0 saturated carbocycles. The van der Waals surface area contributed by atoms with E-state index in [2.05, 4.69) is 39.3 Å². The number of carbonyl (C=O) groups excluding carboxylic acids is 1. The van der Waals surface area contributed by atoms with Crippen LogP contribution < -0.4 is 10.6 Å². The summed E-state index contributed by atoms with van der Waals surface area (Å²) in [5.41, 5.74) is 1.59. The molecule has 0 spiro atoms. The normalized spacial score (nSPS) is 22.5. The van der Waals surface area contributed by atoms with Crippen LogP contribution in [0.2, 0.25) is 0 Å². The smallest absolute Gasteiger partial charge is 0.244 e. The van der Waals surface area contributed by atoms with E-state index in [9.17, 15) is 4.79 Å². The lowest BCUT2D eigenvalue weighted by atomic mass is 9.90. The monoisotopic (exact) mass is 394 g/mol. The van der Waals surface area contributed by atoms with E-state index in [0.29, 0.717) is 0 Å². The second kappa shape index (κ2) is 6.90. The van der Waals surface area contributed by atoms with E-state index in [1.807, 2.05) is 26.0 Å². The molecule has 0 aliphatic carbocycles. The van der Waals surface area contributed by atoms with Gasteiger partial charge in [0.25, 0.3) is 0 Å². The van der Waals surface area contributed by atoms with Crippen molar-refractivity contribution >= 4 is 46.6 Å². The maximum atomic E-state index is 12.4. The predicted octanol–water partition coefficient (Wildman–Crippen LogP) is 3.49. The maximum absolute atomic E-state index is 12.4. The molecule has 3 nitrogen and oxygen atoms in total. The number of aryl methyl sites for hydroxylation is 1. The van der Waals surface area contributed by atoms with E-state index < -0.39 is 5.54 Å². The number of amides is 1. The minimum Gasteiger partial charge on any atom is -0.324 e. The van der Waals surface area contributed by atoms with Crippen LogP contribution in [-0.4, -0.2) is 18.0 Å². The Hall–Kier alpha value is -0.330. The molecule has 2 N–H and O–H groups in total. The number of hydrogen-bond donors (Lipinski definition) is 2. The summed E-state index contributed by atoms with van der Waals surface area (Å²) in [5.74, 6) is 0.0755. The van der Waals surface area contributed by atoms with E-state index in [0.717, 1.165) is 37.1 Å². The molecule has 1 fully saturated rings. The van der Waals surface area contributed by atoms with Gasteiger partial charge in [0.05, 0.1) is 5.54 Å². The Labute approximate surface area is 134 Å². The molecule has 0 bridgehead atoms. The molecule has 106 valence electrons. The molecule has 19 heavy (non-hydrogen) atoms. The lowest BCUT2D eigenvalue weighted by molar-refractivity contribution is -0.122. The van der Waals surface area contributed by atoms with Gasteiger partial charge in [-0.05, 0) is 86.0 Å². The second-order valence-corrected chi connectivity index (χ2v) is 6.37. The minimum absolute atomic E-state index is 0. The van der Waals surface area contributed by atoms with Crippen LogP contribution in [0.5, 0.6) is 0 Å². The Morgan fingerprint density at radius 3 is 2.74 bits per heavy atom. The molecule has 1 saturated heterocycles. The Morgan fingerprint density at radius 2 is 2.16 bits per heavy atom. The van der Waals surface area contributed by atoms with Gasteiger partial charge in [-0.2, -0.15) is 0 Å². The lowest BCUT2D eigenvalue weighted by Gasteiger charge is -2.33. The molecule has 1 unspecified atom stereocenters. The van der Waals surface area contributed by atoms with Crippen LogP contribution in [0.15, 0.2) is 18.2 Å². The molecule has 0 aromatic heterocycles. The Bertz CT molecular complexity index is 459. The van der Waals surface area contributed by atoms with Gasteiger partial charge >= 0.3 is 0 Å². The van der Waals surface area contributed by atoms with E-state index in [1.165, 1.54) is 3.57 Å². The van der Waals surface area contributed by atoms with Crippen molar-refractivity contribution in [3.8, 4) is 0 Å². The number of benzene rings is 1. The van der Waals surface area contributed by atoms with E-state index in [-0.39, 0.29) is 18.3 Å². The fourth-order valence-corrected chi connectivity index (χ4v) is 2.92. The van der Waals surface area contributed by atoms with Crippen molar-refractivity contribution in [3.63, 3.8) is 0 Å². The molecule has 1 aromatic rings. The Morgan fingerprint density at radius 1 is 1.42 bits per heavy atom. The largest absolute Gasteiger partial charge is 0.324 e. The van der Waals surface area contributed by atoms with Crippen LogP contribution in [0.3, 0.4) is 0 Å². The van der Waals surface area contributed by atoms with Crippen molar-refractivity contribution in [3.05, 3.63) is 27.3 Å². The topological polar surface area (TPSA) is 41.1 Å². The average Bonchev–Trinajstić information content (AvgIpc) is 2.33. The minimum atomic E-state index is -0.423. The summed E-state index contributed by atoms with van der Waals surface area (Å²) in [7, 11) is 0. The van der Waals surface area contributed by atoms with Gasteiger partial charge in [0.1, 0.15) is 0 Å². The molecule has 1 amide bonds. The molecule has 5 heteroatoms. The van der Waals surface area contributed by atoms with Crippen LogP contribution in [-0.2, 0) is 4.79 Å².